The van der Waals surface area contributed by atoms with Crippen molar-refractivity contribution in [3.8, 4) is 0 Å². The van der Waals surface area contributed by atoms with E-state index >= 15 is 0 Å². The third-order valence-corrected chi connectivity index (χ3v) is 2.23. The lowest BCUT2D eigenvalue weighted by molar-refractivity contribution is -0.128. The highest BCUT2D eigenvalue weighted by molar-refractivity contribution is 5.75. The van der Waals surface area contributed by atoms with Gasteiger partial charge in [-0.15, -0.1) is 0 Å². The van der Waals surface area contributed by atoms with E-state index in [-0.39, 0.29) is 5.91 Å². The van der Waals surface area contributed by atoms with Crippen molar-refractivity contribution in [1.82, 2.24) is 10.2 Å². The van der Waals surface area contributed by atoms with Crippen LogP contribution in [0.1, 0.15) is 32.6 Å². The Kier molecular flexibility index (Phi) is 10.5. The van der Waals surface area contributed by atoms with Crippen LogP contribution in [-0.2, 0) is 9.53 Å². The van der Waals surface area contributed by atoms with E-state index in [1.165, 1.54) is 0 Å². The highest BCUT2D eigenvalue weighted by Gasteiger charge is 2.01. The molecule has 0 saturated carbocycles. The van der Waals surface area contributed by atoms with Crippen LogP contribution in [0.3, 0.4) is 0 Å². The van der Waals surface area contributed by atoms with Gasteiger partial charge in [0.15, 0.2) is 0 Å². The second-order valence-corrected chi connectivity index (χ2v) is 4.11. The van der Waals surface area contributed by atoms with Crippen LogP contribution in [0.2, 0.25) is 0 Å². The number of nitrogens with zero attached hydrogens (tertiary/aromatic N) is 1. The molecule has 0 aliphatic rings. The van der Waals surface area contributed by atoms with Gasteiger partial charge in [-0.3, -0.25) is 4.79 Å². The summed E-state index contributed by atoms with van der Waals surface area (Å²) in [6.45, 7) is 5.68. The molecule has 0 aliphatic carbocycles. The number of amides is 1. The fourth-order valence-corrected chi connectivity index (χ4v) is 1.26. The molecule has 0 saturated heterocycles. The van der Waals surface area contributed by atoms with Gasteiger partial charge >= 0.3 is 0 Å². The van der Waals surface area contributed by atoms with Crippen LogP contribution < -0.4 is 5.32 Å². The molecule has 4 nitrogen and oxygen atoms in total. The number of ether oxygens (including phenoxy) is 1. The molecule has 1 N–H and O–H groups in total. The number of hydrogen-bond acceptors (Lipinski definition) is 3. The number of rotatable bonds is 10. The molecule has 0 aliphatic heterocycles. The topological polar surface area (TPSA) is 41.6 Å². The summed E-state index contributed by atoms with van der Waals surface area (Å²) in [5.74, 6) is 0.202. The maximum Gasteiger partial charge on any atom is 0.222 e. The molecule has 0 bridgehead atoms. The Morgan fingerprint density at radius 3 is 2.50 bits per heavy atom. The van der Waals surface area contributed by atoms with Gasteiger partial charge < -0.3 is 15.0 Å². The van der Waals surface area contributed by atoms with Crippen molar-refractivity contribution >= 4 is 5.91 Å². The van der Waals surface area contributed by atoms with E-state index in [0.29, 0.717) is 6.42 Å². The van der Waals surface area contributed by atoms with Crippen LogP contribution in [0, 0.1) is 0 Å². The van der Waals surface area contributed by atoms with Gasteiger partial charge in [-0.25, -0.2) is 0 Å². The second-order valence-electron chi connectivity index (χ2n) is 4.11. The van der Waals surface area contributed by atoms with Crippen LogP contribution in [0.4, 0.5) is 0 Å². The Morgan fingerprint density at radius 1 is 1.19 bits per heavy atom. The van der Waals surface area contributed by atoms with E-state index in [0.717, 1.165) is 45.6 Å². The Labute approximate surface area is 99.3 Å². The minimum Gasteiger partial charge on any atom is -0.381 e. The first kappa shape index (κ1) is 15.4. The predicted octanol–water partition coefficient (Wildman–Crippen LogP) is 1.26. The van der Waals surface area contributed by atoms with Crippen molar-refractivity contribution in [3.05, 3.63) is 0 Å². The van der Waals surface area contributed by atoms with Gasteiger partial charge in [0.05, 0.1) is 0 Å². The van der Waals surface area contributed by atoms with Crippen LogP contribution in [0.25, 0.3) is 0 Å². The lowest BCUT2D eigenvalue weighted by Gasteiger charge is -2.10. The molecule has 1 amide bonds. The zero-order chi connectivity index (χ0) is 12.2. The molecule has 96 valence electrons. The maximum atomic E-state index is 11.2. The van der Waals surface area contributed by atoms with Gasteiger partial charge in [0.2, 0.25) is 5.91 Å². The van der Waals surface area contributed by atoms with Gasteiger partial charge in [0, 0.05) is 33.7 Å². The van der Waals surface area contributed by atoms with Crippen LogP contribution in [0.15, 0.2) is 0 Å². The molecule has 0 atom stereocenters. The summed E-state index contributed by atoms with van der Waals surface area (Å²) in [7, 11) is 3.58. The Morgan fingerprint density at radius 2 is 1.88 bits per heavy atom. The summed E-state index contributed by atoms with van der Waals surface area (Å²) in [6.07, 6.45) is 3.67. The monoisotopic (exact) mass is 230 g/mol. The normalized spacial score (nSPS) is 10.4. The molecule has 0 aromatic carbocycles. The summed E-state index contributed by atoms with van der Waals surface area (Å²) >= 11 is 0. The van der Waals surface area contributed by atoms with Crippen molar-refractivity contribution in [2.24, 2.45) is 0 Å². The Balaban J connectivity index is 3.07. The number of carbonyl (C=O) groups is 1. The van der Waals surface area contributed by atoms with Crippen LogP contribution in [-0.4, -0.2) is 51.2 Å². The zero-order valence-corrected chi connectivity index (χ0v) is 10.9. The largest absolute Gasteiger partial charge is 0.381 e. The highest BCUT2D eigenvalue weighted by Crippen LogP contribution is 1.92. The minimum absolute atomic E-state index is 0.202. The first-order chi connectivity index (χ1) is 7.68. The highest BCUT2D eigenvalue weighted by atomic mass is 16.5. The van der Waals surface area contributed by atoms with Crippen molar-refractivity contribution in [1.29, 1.82) is 0 Å². The molecule has 0 fully saturated rings. The predicted molar refractivity (Wildman–Crippen MR) is 66.5 cm³/mol. The first-order valence-corrected chi connectivity index (χ1v) is 6.17. The summed E-state index contributed by atoms with van der Waals surface area (Å²) in [6, 6.07) is 0. The average Bonchev–Trinajstić information content (AvgIpc) is 2.26. The smallest absolute Gasteiger partial charge is 0.222 e. The standard InChI is InChI=1S/C12H26N2O2/c1-4-10-16-11-6-9-13-8-5-7-12(15)14(2)3/h13H,4-11H2,1-3H3. The first-order valence-electron chi connectivity index (χ1n) is 6.17. The van der Waals surface area contributed by atoms with Crippen molar-refractivity contribution in [3.63, 3.8) is 0 Å². The summed E-state index contributed by atoms with van der Waals surface area (Å²) in [4.78, 5) is 12.9. The molecular weight excluding hydrogens is 204 g/mol. The minimum atomic E-state index is 0.202. The summed E-state index contributed by atoms with van der Waals surface area (Å²) in [5.41, 5.74) is 0. The molecule has 0 rings (SSSR count). The number of hydrogen-bond donors (Lipinski definition) is 1. The fourth-order valence-electron chi connectivity index (χ4n) is 1.26. The van der Waals surface area contributed by atoms with Crippen molar-refractivity contribution in [2.75, 3.05) is 40.4 Å². The Bertz CT molecular complexity index is 172. The van der Waals surface area contributed by atoms with Gasteiger partial charge in [0.1, 0.15) is 0 Å². The zero-order valence-electron chi connectivity index (χ0n) is 10.9. The van der Waals surface area contributed by atoms with E-state index in [2.05, 4.69) is 12.2 Å². The molecule has 0 spiro atoms. The number of carbonyl (C=O) groups excluding carboxylic acids is 1. The van der Waals surface area contributed by atoms with Gasteiger partial charge in [-0.2, -0.15) is 0 Å². The van der Waals surface area contributed by atoms with Gasteiger partial charge in [-0.05, 0) is 32.4 Å². The van der Waals surface area contributed by atoms with Crippen LogP contribution >= 0.6 is 0 Å². The second kappa shape index (κ2) is 10.9. The van der Waals surface area contributed by atoms with Gasteiger partial charge in [0.25, 0.3) is 0 Å². The SMILES string of the molecule is CCCOCCCNCCCC(=O)N(C)C. The molecule has 0 aromatic heterocycles. The van der Waals surface area contributed by atoms with E-state index < -0.39 is 0 Å². The summed E-state index contributed by atoms with van der Waals surface area (Å²) < 4.78 is 5.36. The van der Waals surface area contributed by atoms with E-state index in [4.69, 9.17) is 4.74 Å². The number of nitrogens with one attached hydrogen (secondary N) is 1. The molecule has 0 unspecified atom stereocenters. The average molecular weight is 230 g/mol. The molecule has 0 heterocycles. The van der Waals surface area contributed by atoms with Crippen molar-refractivity contribution in [2.45, 2.75) is 32.6 Å². The van der Waals surface area contributed by atoms with E-state index in [1.807, 2.05) is 0 Å². The molecule has 4 heteroatoms. The third kappa shape index (κ3) is 9.93. The molecule has 0 radical (unpaired) electrons. The molecule has 16 heavy (non-hydrogen) atoms. The summed E-state index contributed by atoms with van der Waals surface area (Å²) in [5, 5.41) is 3.31. The van der Waals surface area contributed by atoms with Crippen LogP contribution in [0.5, 0.6) is 0 Å². The van der Waals surface area contributed by atoms with E-state index in [1.54, 1.807) is 19.0 Å². The van der Waals surface area contributed by atoms with Gasteiger partial charge in [-0.1, -0.05) is 6.92 Å². The van der Waals surface area contributed by atoms with Crippen molar-refractivity contribution < 1.29 is 9.53 Å². The van der Waals surface area contributed by atoms with E-state index in [9.17, 15) is 4.79 Å². The third-order valence-electron chi connectivity index (χ3n) is 2.23. The fraction of sp³-hybridized carbons (Fsp3) is 0.917. The quantitative estimate of drug-likeness (QED) is 0.575. The Hall–Kier alpha value is -0.610. The molecular formula is C12H26N2O2. The lowest BCUT2D eigenvalue weighted by Crippen LogP contribution is -2.24. The molecule has 0 aromatic rings. The lowest BCUT2D eigenvalue weighted by atomic mass is 10.3. The maximum absolute atomic E-state index is 11.2.